The van der Waals surface area contributed by atoms with Gasteiger partial charge in [-0.1, -0.05) is 11.6 Å². The molecule has 1 aromatic rings. The number of likely N-dealkylation sites (N-methyl/N-ethyl adjacent to an activating group) is 1. The summed E-state index contributed by atoms with van der Waals surface area (Å²) in [6.45, 7) is 2.05. The summed E-state index contributed by atoms with van der Waals surface area (Å²) in [6.07, 6.45) is 0. The summed E-state index contributed by atoms with van der Waals surface area (Å²) >= 11 is 5.71. The third-order valence-electron chi connectivity index (χ3n) is 2.10. The molecule has 0 unspecified atom stereocenters. The predicted octanol–water partition coefficient (Wildman–Crippen LogP) is 0.745. The molecule has 1 aromatic heterocycles. The first-order chi connectivity index (χ1) is 7.95. The SMILES string of the molecule is CCN(CC(N)=O)c1nc(Cl)ccc1C(=O)O. The Morgan fingerprint density at radius 1 is 1.53 bits per heavy atom. The van der Waals surface area contributed by atoms with Gasteiger partial charge in [-0.3, -0.25) is 4.79 Å². The maximum Gasteiger partial charge on any atom is 0.339 e. The van der Waals surface area contributed by atoms with E-state index in [1.165, 1.54) is 17.0 Å². The van der Waals surface area contributed by atoms with E-state index in [9.17, 15) is 9.59 Å². The number of carbonyl (C=O) groups is 2. The minimum Gasteiger partial charge on any atom is -0.478 e. The van der Waals surface area contributed by atoms with Gasteiger partial charge in [0.05, 0.1) is 6.54 Å². The van der Waals surface area contributed by atoms with Crippen molar-refractivity contribution >= 4 is 29.3 Å². The van der Waals surface area contributed by atoms with Crippen molar-refractivity contribution in [3.8, 4) is 0 Å². The Balaban J connectivity index is 3.20. The van der Waals surface area contributed by atoms with Gasteiger partial charge >= 0.3 is 5.97 Å². The standard InChI is InChI=1S/C10H12ClN3O3/c1-2-14(5-8(12)15)9-6(10(16)17)3-4-7(11)13-9/h3-4H,2,5H2,1H3,(H2,12,15)(H,16,17). The molecule has 6 nitrogen and oxygen atoms in total. The van der Waals surface area contributed by atoms with Crippen LogP contribution in [0.5, 0.6) is 0 Å². The first kappa shape index (κ1) is 13.2. The van der Waals surface area contributed by atoms with Crippen LogP contribution in [0.2, 0.25) is 5.15 Å². The number of nitrogens with zero attached hydrogens (tertiary/aromatic N) is 2. The topological polar surface area (TPSA) is 96.5 Å². The second kappa shape index (κ2) is 5.49. The highest BCUT2D eigenvalue weighted by molar-refractivity contribution is 6.29. The number of hydrogen-bond donors (Lipinski definition) is 2. The summed E-state index contributed by atoms with van der Waals surface area (Å²) in [6, 6.07) is 2.73. The minimum absolute atomic E-state index is 0.0162. The van der Waals surface area contributed by atoms with Crippen LogP contribution < -0.4 is 10.6 Å². The first-order valence-electron chi connectivity index (χ1n) is 4.88. The molecule has 1 amide bonds. The molecular weight excluding hydrogens is 246 g/mol. The number of hydrogen-bond acceptors (Lipinski definition) is 4. The average molecular weight is 258 g/mol. The highest BCUT2D eigenvalue weighted by atomic mass is 35.5. The number of nitrogens with two attached hydrogens (primary N) is 1. The molecule has 0 saturated heterocycles. The fraction of sp³-hybridized carbons (Fsp3) is 0.300. The van der Waals surface area contributed by atoms with Crippen LogP contribution in [0.3, 0.4) is 0 Å². The van der Waals surface area contributed by atoms with Gasteiger partial charge in [-0.15, -0.1) is 0 Å². The van der Waals surface area contributed by atoms with Crippen LogP contribution >= 0.6 is 11.6 Å². The molecule has 17 heavy (non-hydrogen) atoms. The Morgan fingerprint density at radius 3 is 2.65 bits per heavy atom. The predicted molar refractivity (Wildman–Crippen MR) is 63.3 cm³/mol. The number of halogens is 1. The summed E-state index contributed by atoms with van der Waals surface area (Å²) in [7, 11) is 0. The Bertz CT molecular complexity index is 450. The fourth-order valence-corrected chi connectivity index (χ4v) is 1.50. The van der Waals surface area contributed by atoms with Crippen LogP contribution in [0, 0.1) is 0 Å². The fourth-order valence-electron chi connectivity index (χ4n) is 1.36. The van der Waals surface area contributed by atoms with Gasteiger partial charge < -0.3 is 15.7 Å². The van der Waals surface area contributed by atoms with Gasteiger partial charge in [0.2, 0.25) is 5.91 Å². The highest BCUT2D eigenvalue weighted by Crippen LogP contribution is 2.20. The second-order valence-corrected chi connectivity index (χ2v) is 3.68. The number of rotatable bonds is 5. The third kappa shape index (κ3) is 3.32. The van der Waals surface area contributed by atoms with E-state index >= 15 is 0 Å². The number of aromatic carboxylic acids is 1. The van der Waals surface area contributed by atoms with E-state index in [-0.39, 0.29) is 23.1 Å². The maximum atomic E-state index is 11.0. The summed E-state index contributed by atoms with van der Waals surface area (Å²) < 4.78 is 0. The van der Waals surface area contributed by atoms with Crippen molar-refractivity contribution in [3.63, 3.8) is 0 Å². The normalized spacial score (nSPS) is 10.0. The molecule has 3 N–H and O–H groups in total. The number of carboxylic acids is 1. The number of pyridine rings is 1. The number of carboxylic acid groups (broad SMARTS) is 1. The van der Waals surface area contributed by atoms with E-state index in [0.717, 1.165) is 0 Å². The molecule has 1 heterocycles. The van der Waals surface area contributed by atoms with E-state index in [1.807, 2.05) is 0 Å². The Morgan fingerprint density at radius 2 is 2.18 bits per heavy atom. The van der Waals surface area contributed by atoms with Crippen LogP contribution in [0.4, 0.5) is 5.82 Å². The molecule has 0 radical (unpaired) electrons. The van der Waals surface area contributed by atoms with Crippen molar-refractivity contribution in [3.05, 3.63) is 22.8 Å². The van der Waals surface area contributed by atoms with Gasteiger partial charge in [-0.2, -0.15) is 0 Å². The molecule has 1 rings (SSSR count). The summed E-state index contributed by atoms with van der Waals surface area (Å²) in [5, 5.41) is 9.17. The smallest absolute Gasteiger partial charge is 0.339 e. The van der Waals surface area contributed by atoms with Crippen LogP contribution in [-0.4, -0.2) is 35.1 Å². The molecular formula is C10H12ClN3O3. The van der Waals surface area contributed by atoms with Crippen LogP contribution in [0.1, 0.15) is 17.3 Å². The average Bonchev–Trinajstić information content (AvgIpc) is 2.25. The molecule has 0 aliphatic heterocycles. The Labute approximate surface area is 103 Å². The largest absolute Gasteiger partial charge is 0.478 e. The van der Waals surface area contributed by atoms with Crippen molar-refractivity contribution in [2.75, 3.05) is 18.0 Å². The lowest BCUT2D eigenvalue weighted by atomic mass is 10.2. The van der Waals surface area contributed by atoms with Gasteiger partial charge in [0.15, 0.2) is 0 Å². The molecule has 0 aromatic carbocycles. The summed E-state index contributed by atoms with van der Waals surface area (Å²) in [4.78, 5) is 27.3. The van der Waals surface area contributed by atoms with E-state index in [2.05, 4.69) is 4.98 Å². The van der Waals surface area contributed by atoms with Crippen molar-refractivity contribution in [2.45, 2.75) is 6.92 Å². The first-order valence-corrected chi connectivity index (χ1v) is 5.26. The van der Waals surface area contributed by atoms with Crippen LogP contribution in [0.15, 0.2) is 12.1 Å². The number of aromatic nitrogens is 1. The Kier molecular flexibility index (Phi) is 4.28. The van der Waals surface area contributed by atoms with Crippen molar-refractivity contribution in [1.82, 2.24) is 4.98 Å². The summed E-state index contributed by atoms with van der Waals surface area (Å²) in [5.74, 6) is -1.55. The Hall–Kier alpha value is -1.82. The monoisotopic (exact) mass is 257 g/mol. The van der Waals surface area contributed by atoms with Crippen molar-refractivity contribution in [2.24, 2.45) is 5.73 Å². The zero-order valence-electron chi connectivity index (χ0n) is 9.18. The third-order valence-corrected chi connectivity index (χ3v) is 2.31. The molecule has 7 heteroatoms. The molecule has 0 aliphatic carbocycles. The molecule has 92 valence electrons. The van der Waals surface area contributed by atoms with Gasteiger partial charge in [-0.05, 0) is 19.1 Å². The second-order valence-electron chi connectivity index (χ2n) is 3.29. The quantitative estimate of drug-likeness (QED) is 0.759. The van der Waals surface area contributed by atoms with E-state index < -0.39 is 11.9 Å². The van der Waals surface area contributed by atoms with Crippen LogP contribution in [-0.2, 0) is 4.79 Å². The molecule has 0 spiro atoms. The molecule has 0 aliphatic rings. The molecule has 0 saturated carbocycles. The molecule has 0 atom stereocenters. The van der Waals surface area contributed by atoms with E-state index in [0.29, 0.717) is 6.54 Å². The molecule has 0 bridgehead atoms. The maximum absolute atomic E-state index is 11.0. The lowest BCUT2D eigenvalue weighted by Gasteiger charge is -2.21. The molecule has 0 fully saturated rings. The minimum atomic E-state index is -1.13. The summed E-state index contributed by atoms with van der Waals surface area (Å²) in [5.41, 5.74) is 5.07. The number of amides is 1. The van der Waals surface area contributed by atoms with E-state index in [4.69, 9.17) is 22.4 Å². The van der Waals surface area contributed by atoms with Crippen molar-refractivity contribution in [1.29, 1.82) is 0 Å². The van der Waals surface area contributed by atoms with Gasteiger partial charge in [-0.25, -0.2) is 9.78 Å². The van der Waals surface area contributed by atoms with Crippen LogP contribution in [0.25, 0.3) is 0 Å². The number of anilines is 1. The lowest BCUT2D eigenvalue weighted by Crippen LogP contribution is -2.35. The van der Waals surface area contributed by atoms with Gasteiger partial charge in [0.1, 0.15) is 16.5 Å². The zero-order valence-corrected chi connectivity index (χ0v) is 9.94. The number of carbonyl (C=O) groups excluding carboxylic acids is 1. The lowest BCUT2D eigenvalue weighted by molar-refractivity contribution is -0.116. The van der Waals surface area contributed by atoms with E-state index in [1.54, 1.807) is 6.92 Å². The highest BCUT2D eigenvalue weighted by Gasteiger charge is 2.18. The van der Waals surface area contributed by atoms with Gasteiger partial charge in [0, 0.05) is 6.54 Å². The van der Waals surface area contributed by atoms with Crippen molar-refractivity contribution < 1.29 is 14.7 Å². The van der Waals surface area contributed by atoms with Gasteiger partial charge in [0.25, 0.3) is 0 Å². The zero-order chi connectivity index (χ0) is 13.0. The number of primary amides is 1.